The van der Waals surface area contributed by atoms with E-state index < -0.39 is 10.0 Å². The molecule has 138 valence electrons. The highest BCUT2D eigenvalue weighted by Gasteiger charge is 2.39. The SMILES string of the molecule is CCCCNC1CC1c1ccc2c(c1)CCN2S(=O)(=O)c1ccccc1. The Morgan fingerprint density at radius 1 is 1.15 bits per heavy atom. The van der Waals surface area contributed by atoms with Crippen LogP contribution in [0.15, 0.2) is 53.4 Å². The van der Waals surface area contributed by atoms with Crippen molar-refractivity contribution in [1.29, 1.82) is 0 Å². The first-order valence-electron chi connectivity index (χ1n) is 9.55. The van der Waals surface area contributed by atoms with E-state index in [9.17, 15) is 8.42 Å². The zero-order valence-corrected chi connectivity index (χ0v) is 16.0. The van der Waals surface area contributed by atoms with Crippen molar-refractivity contribution in [2.24, 2.45) is 0 Å². The molecule has 0 radical (unpaired) electrons. The van der Waals surface area contributed by atoms with Crippen LogP contribution in [0.3, 0.4) is 0 Å². The van der Waals surface area contributed by atoms with Crippen molar-refractivity contribution in [3.8, 4) is 0 Å². The molecule has 2 aromatic rings. The van der Waals surface area contributed by atoms with Gasteiger partial charge in [0.25, 0.3) is 10.0 Å². The predicted octanol–water partition coefficient (Wildman–Crippen LogP) is 3.68. The Kier molecular flexibility index (Phi) is 4.76. The summed E-state index contributed by atoms with van der Waals surface area (Å²) in [5.74, 6) is 0.580. The molecule has 1 heterocycles. The van der Waals surface area contributed by atoms with Crippen LogP contribution in [-0.2, 0) is 16.4 Å². The number of fused-ring (bicyclic) bond motifs is 1. The highest BCUT2D eigenvalue weighted by atomic mass is 32.2. The smallest absolute Gasteiger partial charge is 0.264 e. The third-order valence-electron chi connectivity index (χ3n) is 5.44. The molecule has 2 aliphatic rings. The van der Waals surface area contributed by atoms with E-state index in [0.717, 1.165) is 24.2 Å². The summed E-state index contributed by atoms with van der Waals surface area (Å²) in [4.78, 5) is 0.360. The molecule has 1 N–H and O–H groups in total. The predicted molar refractivity (Wildman–Crippen MR) is 105 cm³/mol. The maximum atomic E-state index is 12.9. The summed E-state index contributed by atoms with van der Waals surface area (Å²) in [6.45, 7) is 3.83. The van der Waals surface area contributed by atoms with E-state index in [4.69, 9.17) is 0 Å². The summed E-state index contributed by atoms with van der Waals surface area (Å²) in [7, 11) is -3.47. The Morgan fingerprint density at radius 3 is 2.73 bits per heavy atom. The van der Waals surface area contributed by atoms with Gasteiger partial charge in [0.2, 0.25) is 0 Å². The fraction of sp³-hybridized carbons (Fsp3) is 0.429. The van der Waals surface area contributed by atoms with Crippen LogP contribution < -0.4 is 9.62 Å². The molecule has 0 amide bonds. The van der Waals surface area contributed by atoms with E-state index in [1.54, 1.807) is 28.6 Å². The van der Waals surface area contributed by atoms with Gasteiger partial charge in [-0.05, 0) is 55.1 Å². The zero-order chi connectivity index (χ0) is 18.1. The number of rotatable bonds is 7. The molecule has 26 heavy (non-hydrogen) atoms. The molecule has 0 saturated heterocycles. The van der Waals surface area contributed by atoms with Gasteiger partial charge in [-0.25, -0.2) is 8.42 Å². The van der Waals surface area contributed by atoms with Gasteiger partial charge in [-0.1, -0.05) is 43.7 Å². The van der Waals surface area contributed by atoms with Crippen molar-refractivity contribution in [3.05, 3.63) is 59.7 Å². The summed E-state index contributed by atoms with van der Waals surface area (Å²) in [5.41, 5.74) is 3.34. The summed E-state index contributed by atoms with van der Waals surface area (Å²) < 4.78 is 27.4. The van der Waals surface area contributed by atoms with Crippen molar-refractivity contribution in [2.75, 3.05) is 17.4 Å². The van der Waals surface area contributed by atoms with Crippen molar-refractivity contribution < 1.29 is 8.42 Å². The quantitative estimate of drug-likeness (QED) is 0.757. The maximum absolute atomic E-state index is 12.9. The molecule has 1 aliphatic carbocycles. The average molecular weight is 371 g/mol. The number of benzene rings is 2. The Balaban J connectivity index is 1.51. The normalized spacial score (nSPS) is 21.7. The summed E-state index contributed by atoms with van der Waals surface area (Å²) >= 11 is 0. The van der Waals surface area contributed by atoms with E-state index in [1.165, 1.54) is 24.8 Å². The second-order valence-corrected chi connectivity index (χ2v) is 9.15. The lowest BCUT2D eigenvalue weighted by Crippen LogP contribution is -2.29. The molecule has 1 fully saturated rings. The van der Waals surface area contributed by atoms with E-state index >= 15 is 0 Å². The van der Waals surface area contributed by atoms with Gasteiger partial charge < -0.3 is 5.32 Å². The van der Waals surface area contributed by atoms with Gasteiger partial charge in [0.15, 0.2) is 0 Å². The molecule has 2 unspecified atom stereocenters. The Hall–Kier alpha value is -1.85. The lowest BCUT2D eigenvalue weighted by Gasteiger charge is -2.19. The van der Waals surface area contributed by atoms with Crippen LogP contribution in [0.4, 0.5) is 5.69 Å². The zero-order valence-electron chi connectivity index (χ0n) is 15.2. The maximum Gasteiger partial charge on any atom is 0.264 e. The van der Waals surface area contributed by atoms with Gasteiger partial charge in [0.05, 0.1) is 10.6 Å². The highest BCUT2D eigenvalue weighted by molar-refractivity contribution is 7.92. The van der Waals surface area contributed by atoms with Crippen LogP contribution in [0.2, 0.25) is 0 Å². The lowest BCUT2D eigenvalue weighted by atomic mass is 10.0. The van der Waals surface area contributed by atoms with Crippen LogP contribution in [-0.4, -0.2) is 27.5 Å². The minimum absolute atomic E-state index is 0.360. The lowest BCUT2D eigenvalue weighted by molar-refractivity contribution is 0.592. The Labute approximate surface area is 156 Å². The van der Waals surface area contributed by atoms with Gasteiger partial charge in [0, 0.05) is 18.5 Å². The molecule has 4 rings (SSSR count). The number of unbranched alkanes of at least 4 members (excludes halogenated alkanes) is 1. The van der Waals surface area contributed by atoms with Crippen molar-refractivity contribution >= 4 is 15.7 Å². The number of hydrogen-bond donors (Lipinski definition) is 1. The highest BCUT2D eigenvalue weighted by Crippen LogP contribution is 2.43. The third kappa shape index (κ3) is 3.26. The van der Waals surface area contributed by atoms with E-state index in [2.05, 4.69) is 24.4 Å². The van der Waals surface area contributed by atoms with Gasteiger partial charge in [0.1, 0.15) is 0 Å². The molecule has 2 atom stereocenters. The largest absolute Gasteiger partial charge is 0.313 e. The van der Waals surface area contributed by atoms with Crippen LogP contribution >= 0.6 is 0 Å². The number of nitrogens with zero attached hydrogens (tertiary/aromatic N) is 1. The first-order valence-corrected chi connectivity index (χ1v) is 11.0. The summed E-state index contributed by atoms with van der Waals surface area (Å²) in [6.07, 6.45) is 4.42. The van der Waals surface area contributed by atoms with Crippen LogP contribution in [0, 0.1) is 0 Å². The van der Waals surface area contributed by atoms with Gasteiger partial charge in [-0.2, -0.15) is 0 Å². The second-order valence-electron chi connectivity index (χ2n) is 7.28. The molecule has 4 nitrogen and oxygen atoms in total. The molecule has 0 aromatic heterocycles. The Bertz CT molecular complexity index is 880. The van der Waals surface area contributed by atoms with Crippen molar-refractivity contribution in [3.63, 3.8) is 0 Å². The topological polar surface area (TPSA) is 49.4 Å². The van der Waals surface area contributed by atoms with Crippen LogP contribution in [0.25, 0.3) is 0 Å². The molecule has 0 spiro atoms. The average Bonchev–Trinajstić information content (AvgIpc) is 3.30. The molecule has 0 bridgehead atoms. The first kappa shape index (κ1) is 17.6. The van der Waals surface area contributed by atoms with Gasteiger partial charge in [-0.3, -0.25) is 4.31 Å². The molecular formula is C21H26N2O2S. The van der Waals surface area contributed by atoms with Crippen molar-refractivity contribution in [2.45, 2.75) is 49.5 Å². The van der Waals surface area contributed by atoms with E-state index in [0.29, 0.717) is 23.4 Å². The van der Waals surface area contributed by atoms with Crippen LogP contribution in [0.1, 0.15) is 43.2 Å². The van der Waals surface area contributed by atoms with Crippen LogP contribution in [0.5, 0.6) is 0 Å². The fourth-order valence-corrected chi connectivity index (χ4v) is 5.37. The van der Waals surface area contributed by atoms with Gasteiger partial charge >= 0.3 is 0 Å². The second kappa shape index (κ2) is 7.05. The summed E-state index contributed by atoms with van der Waals surface area (Å²) in [6, 6.07) is 15.6. The van der Waals surface area contributed by atoms with E-state index in [1.807, 2.05) is 12.1 Å². The number of sulfonamides is 1. The first-order chi connectivity index (χ1) is 12.6. The molecular weight excluding hydrogens is 344 g/mol. The van der Waals surface area contributed by atoms with Crippen molar-refractivity contribution in [1.82, 2.24) is 5.32 Å². The number of anilines is 1. The monoisotopic (exact) mass is 370 g/mol. The summed E-state index contributed by atoms with van der Waals surface area (Å²) in [5, 5.41) is 3.62. The molecule has 1 saturated carbocycles. The minimum atomic E-state index is -3.47. The third-order valence-corrected chi connectivity index (χ3v) is 7.27. The van der Waals surface area contributed by atoms with Gasteiger partial charge in [-0.15, -0.1) is 0 Å². The Morgan fingerprint density at radius 2 is 1.96 bits per heavy atom. The minimum Gasteiger partial charge on any atom is -0.313 e. The fourth-order valence-electron chi connectivity index (χ4n) is 3.84. The standard InChI is InChI=1S/C21H26N2O2S/c1-2-3-12-22-20-15-19(20)16-9-10-21-17(14-16)11-13-23(21)26(24,25)18-7-5-4-6-8-18/h4-10,14,19-20,22H,2-3,11-13,15H2,1H3. The number of hydrogen-bond acceptors (Lipinski definition) is 3. The molecule has 1 aliphatic heterocycles. The van der Waals surface area contributed by atoms with E-state index in [-0.39, 0.29) is 0 Å². The molecule has 5 heteroatoms. The number of nitrogens with one attached hydrogen (secondary N) is 1. The molecule has 2 aromatic carbocycles.